The lowest BCUT2D eigenvalue weighted by Crippen LogP contribution is -2.54. The van der Waals surface area contributed by atoms with Crippen molar-refractivity contribution in [1.82, 2.24) is 9.13 Å². The van der Waals surface area contributed by atoms with E-state index in [1.165, 1.54) is 32.6 Å². The molecule has 0 aromatic heterocycles. The van der Waals surface area contributed by atoms with Gasteiger partial charge in [-0.25, -0.2) is 0 Å². The second kappa shape index (κ2) is 8.31. The number of hydrogen-bond acceptors (Lipinski definition) is 2. The second-order valence-corrected chi connectivity index (χ2v) is 7.67. The minimum atomic E-state index is -0.891. The summed E-state index contributed by atoms with van der Waals surface area (Å²) >= 11 is 0. The molecular weight excluding hydrogens is 200 g/mol. The van der Waals surface area contributed by atoms with E-state index in [4.69, 9.17) is 0 Å². The van der Waals surface area contributed by atoms with Crippen molar-refractivity contribution in [2.24, 2.45) is 0 Å². The zero-order valence-electron chi connectivity index (χ0n) is 11.6. The van der Waals surface area contributed by atoms with E-state index in [0.717, 1.165) is 5.54 Å². The zero-order chi connectivity index (χ0) is 11.8. The Labute approximate surface area is 98.4 Å². The van der Waals surface area contributed by atoms with Gasteiger partial charge in [0.1, 0.15) is 0 Å². The predicted octanol–water partition coefficient (Wildman–Crippen LogP) is 2.69. The Bertz CT molecular complexity index is 133. The van der Waals surface area contributed by atoms with Crippen molar-refractivity contribution in [3.63, 3.8) is 0 Å². The molecule has 2 nitrogen and oxygen atoms in total. The molecule has 0 aliphatic rings. The van der Waals surface area contributed by atoms with Gasteiger partial charge < -0.3 is 9.13 Å². The Hall–Kier alpha value is 0.137. The Balaban J connectivity index is 4.67. The molecule has 15 heavy (non-hydrogen) atoms. The molecule has 0 aliphatic heterocycles. The van der Waals surface area contributed by atoms with E-state index in [0.29, 0.717) is 0 Å². The van der Waals surface area contributed by atoms with Crippen LogP contribution in [0.3, 0.4) is 0 Å². The lowest BCUT2D eigenvalue weighted by atomic mass is 10.4. The Kier molecular flexibility index (Phi) is 8.38. The molecule has 0 aliphatic carbocycles. The van der Waals surface area contributed by atoms with Crippen molar-refractivity contribution < 1.29 is 0 Å². The quantitative estimate of drug-likeness (QED) is 0.592. The highest BCUT2D eigenvalue weighted by Crippen LogP contribution is 2.19. The van der Waals surface area contributed by atoms with Gasteiger partial charge in [0, 0.05) is 0 Å². The van der Waals surface area contributed by atoms with Crippen molar-refractivity contribution in [1.29, 1.82) is 0 Å². The molecule has 3 heteroatoms. The fourth-order valence-electron chi connectivity index (χ4n) is 2.36. The third-order valence-corrected chi connectivity index (χ3v) is 7.97. The molecule has 0 heterocycles. The van der Waals surface area contributed by atoms with Crippen molar-refractivity contribution in [2.75, 3.05) is 26.2 Å². The lowest BCUT2D eigenvalue weighted by molar-refractivity contribution is 0.365. The summed E-state index contributed by atoms with van der Waals surface area (Å²) < 4.78 is 5.45. The van der Waals surface area contributed by atoms with E-state index in [1.807, 2.05) is 0 Å². The number of rotatable bonds is 8. The maximum Gasteiger partial charge on any atom is 0.192 e. The first-order valence-corrected chi connectivity index (χ1v) is 8.34. The highest BCUT2D eigenvalue weighted by molar-refractivity contribution is 6.54. The smallest absolute Gasteiger partial charge is 0.192 e. The first-order valence-electron chi connectivity index (χ1n) is 6.64. The summed E-state index contributed by atoms with van der Waals surface area (Å²) in [4.78, 5) is 0. The predicted molar refractivity (Wildman–Crippen MR) is 72.7 cm³/mol. The van der Waals surface area contributed by atoms with Gasteiger partial charge in [0.25, 0.3) is 0 Å². The van der Waals surface area contributed by atoms with E-state index in [-0.39, 0.29) is 0 Å². The average Bonchev–Trinajstić information content (AvgIpc) is 2.28. The van der Waals surface area contributed by atoms with E-state index in [9.17, 15) is 0 Å². The second-order valence-electron chi connectivity index (χ2n) is 4.24. The molecule has 0 amide bonds. The standard InChI is InChI=1S/C12H30N2Si/c1-7-12(6)15(13(8-2)9-3)14(10-4)11-5/h12,15H,7-11H2,1-6H3. The SMILES string of the molecule is CCC(C)[SiH](N(CC)CC)N(CC)CC. The monoisotopic (exact) mass is 230 g/mol. The third kappa shape index (κ3) is 4.25. The normalized spacial score (nSPS) is 14.2. The molecule has 0 saturated heterocycles. The van der Waals surface area contributed by atoms with E-state index in [1.54, 1.807) is 0 Å². The summed E-state index contributed by atoms with van der Waals surface area (Å²) in [6, 6.07) is 0. The van der Waals surface area contributed by atoms with Crippen molar-refractivity contribution in [2.45, 2.75) is 53.5 Å². The van der Waals surface area contributed by atoms with Crippen LogP contribution in [-0.2, 0) is 0 Å². The molecule has 1 unspecified atom stereocenters. The molecule has 0 aromatic carbocycles. The summed E-state index contributed by atoms with van der Waals surface area (Å²) in [6.07, 6.45) is 1.32. The van der Waals surface area contributed by atoms with Crippen LogP contribution in [-0.4, -0.2) is 44.4 Å². The van der Waals surface area contributed by atoms with E-state index < -0.39 is 9.12 Å². The van der Waals surface area contributed by atoms with Gasteiger partial charge >= 0.3 is 0 Å². The van der Waals surface area contributed by atoms with Crippen molar-refractivity contribution >= 4 is 9.12 Å². The van der Waals surface area contributed by atoms with E-state index >= 15 is 0 Å². The summed E-state index contributed by atoms with van der Waals surface area (Å²) in [7, 11) is -0.891. The molecule has 0 spiro atoms. The Morgan fingerprint density at radius 1 is 0.800 bits per heavy atom. The summed E-state index contributed by atoms with van der Waals surface area (Å²) in [6.45, 7) is 18.8. The van der Waals surface area contributed by atoms with Crippen LogP contribution in [0.1, 0.15) is 48.0 Å². The first kappa shape index (κ1) is 15.1. The van der Waals surface area contributed by atoms with Crippen molar-refractivity contribution in [3.05, 3.63) is 0 Å². The number of hydrogen-bond donors (Lipinski definition) is 0. The molecule has 0 rings (SSSR count). The van der Waals surface area contributed by atoms with Gasteiger partial charge in [-0.1, -0.05) is 48.0 Å². The molecule has 0 radical (unpaired) electrons. The van der Waals surface area contributed by atoms with Crippen LogP contribution in [0, 0.1) is 0 Å². The van der Waals surface area contributed by atoms with Gasteiger partial charge in [0.2, 0.25) is 0 Å². The molecule has 0 fully saturated rings. The maximum absolute atomic E-state index is 2.72. The maximum atomic E-state index is 2.72. The highest BCUT2D eigenvalue weighted by atomic mass is 28.3. The third-order valence-electron chi connectivity index (χ3n) is 3.53. The van der Waals surface area contributed by atoms with Gasteiger partial charge in [0.15, 0.2) is 9.12 Å². The van der Waals surface area contributed by atoms with Crippen LogP contribution in [0.4, 0.5) is 0 Å². The van der Waals surface area contributed by atoms with Gasteiger partial charge in [0.05, 0.1) is 0 Å². The van der Waals surface area contributed by atoms with Crippen LogP contribution in [0.25, 0.3) is 0 Å². The summed E-state index contributed by atoms with van der Waals surface area (Å²) in [5, 5.41) is 0. The van der Waals surface area contributed by atoms with Gasteiger partial charge in [-0.3, -0.25) is 0 Å². The molecular formula is C12H30N2Si. The highest BCUT2D eigenvalue weighted by Gasteiger charge is 2.28. The first-order chi connectivity index (χ1) is 7.15. The number of nitrogens with zero attached hydrogens (tertiary/aromatic N) is 2. The fraction of sp³-hybridized carbons (Fsp3) is 1.00. The lowest BCUT2D eigenvalue weighted by Gasteiger charge is -2.40. The van der Waals surface area contributed by atoms with Gasteiger partial charge in [-0.15, -0.1) is 0 Å². The van der Waals surface area contributed by atoms with E-state index in [2.05, 4.69) is 50.7 Å². The molecule has 1 atom stereocenters. The molecule has 0 bridgehead atoms. The van der Waals surface area contributed by atoms with Gasteiger partial charge in [-0.05, 0) is 31.7 Å². The summed E-state index contributed by atoms with van der Waals surface area (Å²) in [5.41, 5.74) is 0.893. The largest absolute Gasteiger partial charge is 0.314 e. The Morgan fingerprint density at radius 2 is 1.13 bits per heavy atom. The molecule has 0 saturated carbocycles. The topological polar surface area (TPSA) is 6.48 Å². The molecule has 0 N–H and O–H groups in total. The van der Waals surface area contributed by atoms with Crippen LogP contribution in [0.2, 0.25) is 5.54 Å². The van der Waals surface area contributed by atoms with Crippen molar-refractivity contribution in [3.8, 4) is 0 Å². The molecule has 92 valence electrons. The van der Waals surface area contributed by atoms with Crippen LogP contribution >= 0.6 is 0 Å². The minimum Gasteiger partial charge on any atom is -0.314 e. The van der Waals surface area contributed by atoms with Crippen LogP contribution < -0.4 is 0 Å². The van der Waals surface area contributed by atoms with Crippen LogP contribution in [0.15, 0.2) is 0 Å². The zero-order valence-corrected chi connectivity index (χ0v) is 12.7. The van der Waals surface area contributed by atoms with Gasteiger partial charge in [-0.2, -0.15) is 0 Å². The Morgan fingerprint density at radius 3 is 1.33 bits per heavy atom. The van der Waals surface area contributed by atoms with Crippen LogP contribution in [0.5, 0.6) is 0 Å². The minimum absolute atomic E-state index is 0.891. The molecule has 0 aromatic rings. The average molecular weight is 230 g/mol. The fourth-order valence-corrected chi connectivity index (χ4v) is 6.18. The summed E-state index contributed by atoms with van der Waals surface area (Å²) in [5.74, 6) is 0.